The zero-order valence-corrected chi connectivity index (χ0v) is 18.3. The molecule has 0 aliphatic heterocycles. The summed E-state index contributed by atoms with van der Waals surface area (Å²) < 4.78 is 13.6. The van der Waals surface area contributed by atoms with Gasteiger partial charge < -0.3 is 4.90 Å². The predicted molar refractivity (Wildman–Crippen MR) is 119 cm³/mol. The average molecular weight is 394 g/mol. The molecule has 0 saturated heterocycles. The van der Waals surface area contributed by atoms with Crippen molar-refractivity contribution in [3.63, 3.8) is 0 Å². The van der Waals surface area contributed by atoms with E-state index in [0.717, 1.165) is 40.7 Å². The van der Waals surface area contributed by atoms with E-state index in [1.54, 1.807) is 17.0 Å². The van der Waals surface area contributed by atoms with Gasteiger partial charge >= 0.3 is 0 Å². The highest BCUT2D eigenvalue weighted by Crippen LogP contribution is 2.34. The highest BCUT2D eigenvalue weighted by Gasteiger charge is 2.29. The maximum atomic E-state index is 13.7. The summed E-state index contributed by atoms with van der Waals surface area (Å²) in [6, 6.07) is 14.1. The first-order chi connectivity index (χ1) is 13.8. The van der Waals surface area contributed by atoms with Gasteiger partial charge in [0.25, 0.3) is 5.91 Å². The second kappa shape index (κ2) is 10.2. The molecule has 29 heavy (non-hydrogen) atoms. The third kappa shape index (κ3) is 5.44. The monoisotopic (exact) mass is 393 g/mol. The minimum atomic E-state index is -0.364. The summed E-state index contributed by atoms with van der Waals surface area (Å²) in [6.07, 6.45) is 2.55. The van der Waals surface area contributed by atoms with Gasteiger partial charge in [-0.05, 0) is 56.9 Å². The van der Waals surface area contributed by atoms with Gasteiger partial charge in [-0.15, -0.1) is 0 Å². The van der Waals surface area contributed by atoms with E-state index in [1.807, 2.05) is 52.0 Å². The largest absolute Gasteiger partial charge is 0.302 e. The predicted octanol–water partition coefficient (Wildman–Crippen LogP) is 7.11. The second-order valence-corrected chi connectivity index (χ2v) is 7.64. The quantitative estimate of drug-likeness (QED) is 0.438. The Labute approximate surface area is 174 Å². The van der Waals surface area contributed by atoms with E-state index in [-0.39, 0.29) is 17.8 Å². The van der Waals surface area contributed by atoms with E-state index in [2.05, 4.69) is 13.5 Å². The molecule has 2 rings (SSSR count). The number of aryl methyl sites for hydroxylation is 1. The molecule has 0 fully saturated rings. The maximum absolute atomic E-state index is 13.7. The molecule has 0 aromatic heterocycles. The molecule has 0 bridgehead atoms. The van der Waals surface area contributed by atoms with Crippen LogP contribution in [0.3, 0.4) is 0 Å². The van der Waals surface area contributed by atoms with Crippen LogP contribution in [-0.4, -0.2) is 10.8 Å². The summed E-state index contributed by atoms with van der Waals surface area (Å²) in [5.74, 6) is -0.321. The molecule has 2 aromatic carbocycles. The highest BCUT2D eigenvalue weighted by atomic mass is 19.1. The zero-order valence-electron chi connectivity index (χ0n) is 18.3. The lowest BCUT2D eigenvalue weighted by Gasteiger charge is -2.34. The van der Waals surface area contributed by atoms with Crippen LogP contribution >= 0.6 is 0 Å². The van der Waals surface area contributed by atoms with Crippen molar-refractivity contribution < 1.29 is 9.18 Å². The van der Waals surface area contributed by atoms with Crippen LogP contribution in [0.5, 0.6) is 0 Å². The highest BCUT2D eigenvalue weighted by molar-refractivity contribution is 5.95. The van der Waals surface area contributed by atoms with Gasteiger partial charge in [0.15, 0.2) is 0 Å². The van der Waals surface area contributed by atoms with Gasteiger partial charge in [-0.3, -0.25) is 4.79 Å². The SMILES string of the molecule is C=C(C)N(C(=O)/C(CC)=C(\C)CCC)C(c1ccc(C)cc1)c1ccc(F)cc1. The molecule has 3 heteroatoms. The molecule has 0 radical (unpaired) electrons. The molecule has 0 heterocycles. The molecular weight excluding hydrogens is 361 g/mol. The zero-order chi connectivity index (χ0) is 21.6. The third-order valence-electron chi connectivity index (χ3n) is 5.22. The van der Waals surface area contributed by atoms with Crippen LogP contribution in [-0.2, 0) is 4.79 Å². The molecule has 0 N–H and O–H groups in total. The van der Waals surface area contributed by atoms with E-state index in [0.29, 0.717) is 12.1 Å². The lowest BCUT2D eigenvalue weighted by molar-refractivity contribution is -0.126. The van der Waals surface area contributed by atoms with Crippen molar-refractivity contribution in [3.8, 4) is 0 Å². The Morgan fingerprint density at radius 1 is 1.00 bits per heavy atom. The van der Waals surface area contributed by atoms with Crippen LogP contribution in [0.2, 0.25) is 0 Å². The fraction of sp³-hybridized carbons (Fsp3) is 0.346. The van der Waals surface area contributed by atoms with Crippen molar-refractivity contribution in [1.29, 1.82) is 0 Å². The van der Waals surface area contributed by atoms with Crippen molar-refractivity contribution in [2.24, 2.45) is 0 Å². The normalized spacial score (nSPS) is 12.9. The molecule has 1 atom stereocenters. The first-order valence-corrected chi connectivity index (χ1v) is 10.3. The number of benzene rings is 2. The number of hydrogen-bond acceptors (Lipinski definition) is 1. The Hall–Kier alpha value is -2.68. The van der Waals surface area contributed by atoms with Crippen LogP contribution < -0.4 is 0 Å². The first-order valence-electron chi connectivity index (χ1n) is 10.3. The van der Waals surface area contributed by atoms with Crippen LogP contribution in [0.25, 0.3) is 0 Å². The molecule has 2 aromatic rings. The van der Waals surface area contributed by atoms with Crippen LogP contribution in [0.1, 0.15) is 69.7 Å². The van der Waals surface area contributed by atoms with E-state index >= 15 is 0 Å². The van der Waals surface area contributed by atoms with E-state index in [1.165, 1.54) is 12.1 Å². The standard InChI is InChI=1S/C26H32FNO/c1-7-9-20(6)24(8-2)26(29)28(18(3)4)25(21-12-10-19(5)11-13-21)22-14-16-23(27)17-15-22/h10-17,25H,3,7-9H2,1-2,4-6H3/b24-20+. The van der Waals surface area contributed by atoms with Crippen molar-refractivity contribution in [1.82, 2.24) is 4.90 Å². The summed E-state index contributed by atoms with van der Waals surface area (Å²) in [5, 5.41) is 0. The molecular formula is C26H32FNO. The van der Waals surface area contributed by atoms with Gasteiger partial charge in [-0.2, -0.15) is 0 Å². The van der Waals surface area contributed by atoms with Gasteiger partial charge in [0.2, 0.25) is 0 Å². The molecule has 0 spiro atoms. The molecule has 1 amide bonds. The number of rotatable bonds is 8. The van der Waals surface area contributed by atoms with Crippen LogP contribution in [0, 0.1) is 12.7 Å². The third-order valence-corrected chi connectivity index (χ3v) is 5.22. The summed E-state index contributed by atoms with van der Waals surface area (Å²) in [7, 11) is 0. The van der Waals surface area contributed by atoms with Crippen LogP contribution in [0.4, 0.5) is 4.39 Å². The number of carbonyl (C=O) groups excluding carboxylic acids is 1. The minimum Gasteiger partial charge on any atom is -0.302 e. The molecule has 0 saturated carbocycles. The topological polar surface area (TPSA) is 20.3 Å². The molecule has 0 aliphatic rings. The Balaban J connectivity index is 2.64. The molecule has 2 nitrogen and oxygen atoms in total. The van der Waals surface area contributed by atoms with E-state index in [9.17, 15) is 9.18 Å². The van der Waals surface area contributed by atoms with Gasteiger partial charge in [-0.1, -0.05) is 74.4 Å². The van der Waals surface area contributed by atoms with Gasteiger partial charge in [-0.25, -0.2) is 4.39 Å². The maximum Gasteiger partial charge on any atom is 0.254 e. The minimum absolute atomic E-state index is 0.0270. The van der Waals surface area contributed by atoms with Crippen LogP contribution in [0.15, 0.2) is 72.0 Å². The van der Waals surface area contributed by atoms with Crippen molar-refractivity contribution in [2.45, 2.75) is 59.9 Å². The van der Waals surface area contributed by atoms with Gasteiger partial charge in [0.1, 0.15) is 5.82 Å². The summed E-state index contributed by atoms with van der Waals surface area (Å²) in [4.78, 5) is 15.4. The molecule has 154 valence electrons. The fourth-order valence-electron chi connectivity index (χ4n) is 3.70. The smallest absolute Gasteiger partial charge is 0.254 e. The van der Waals surface area contributed by atoms with Crippen molar-refractivity contribution in [2.75, 3.05) is 0 Å². The fourth-order valence-corrected chi connectivity index (χ4v) is 3.70. The lowest BCUT2D eigenvalue weighted by atomic mass is 9.93. The van der Waals surface area contributed by atoms with Gasteiger partial charge in [0, 0.05) is 11.3 Å². The summed E-state index contributed by atoms with van der Waals surface area (Å²) >= 11 is 0. The number of carbonyl (C=O) groups is 1. The van der Waals surface area contributed by atoms with E-state index in [4.69, 9.17) is 0 Å². The van der Waals surface area contributed by atoms with Gasteiger partial charge in [0.05, 0.1) is 6.04 Å². The Morgan fingerprint density at radius 3 is 1.97 bits per heavy atom. The number of hydrogen-bond donors (Lipinski definition) is 0. The number of amides is 1. The molecule has 1 unspecified atom stereocenters. The lowest BCUT2D eigenvalue weighted by Crippen LogP contribution is -2.35. The second-order valence-electron chi connectivity index (χ2n) is 7.64. The summed E-state index contributed by atoms with van der Waals surface area (Å²) in [5.41, 5.74) is 5.59. The summed E-state index contributed by atoms with van der Waals surface area (Å²) in [6.45, 7) is 14.2. The number of allylic oxidation sites excluding steroid dienone is 2. The Kier molecular flexibility index (Phi) is 7.95. The Morgan fingerprint density at radius 2 is 1.52 bits per heavy atom. The van der Waals surface area contributed by atoms with Crippen molar-refractivity contribution in [3.05, 3.63) is 94.5 Å². The van der Waals surface area contributed by atoms with Crippen molar-refractivity contribution >= 4 is 5.91 Å². The van der Waals surface area contributed by atoms with E-state index < -0.39 is 0 Å². The number of halogens is 1. The first kappa shape index (κ1) is 22.6. The number of nitrogens with zero attached hydrogens (tertiary/aromatic N) is 1. The average Bonchev–Trinajstić information content (AvgIpc) is 2.68. The Bertz CT molecular complexity index is 832. The molecule has 0 aliphatic carbocycles.